The number of sulfone groups is 1. The molecule has 1 fully saturated rings. The summed E-state index contributed by atoms with van der Waals surface area (Å²) in [4.78, 5) is 14.4. The van der Waals surface area contributed by atoms with Crippen LogP contribution in [0.5, 0.6) is 5.75 Å². The minimum atomic E-state index is -3.04. The Kier molecular flexibility index (Phi) is 6.39. The Bertz CT molecular complexity index is 892. The second-order valence-electron chi connectivity index (χ2n) is 7.68. The summed E-state index contributed by atoms with van der Waals surface area (Å²) in [5, 5.41) is 0. The summed E-state index contributed by atoms with van der Waals surface area (Å²) in [6.45, 7) is 4.49. The molecule has 1 heterocycles. The average molecular weight is 402 g/mol. The molecule has 28 heavy (non-hydrogen) atoms. The molecule has 0 unspecified atom stereocenters. The Morgan fingerprint density at radius 3 is 2.29 bits per heavy atom. The SMILES string of the molecule is CC(C)CN(C(=O)COc1ccc(-c2ccccc2)cc1)[C@@H]1CCS(=O)(=O)C1. The van der Waals surface area contributed by atoms with Gasteiger partial charge in [0, 0.05) is 12.6 Å². The number of nitrogens with zero attached hydrogens (tertiary/aromatic N) is 1. The number of ether oxygens (including phenoxy) is 1. The number of rotatable bonds is 7. The number of hydrogen-bond donors (Lipinski definition) is 0. The molecular weight excluding hydrogens is 374 g/mol. The standard InChI is InChI=1S/C22H27NO4S/c1-17(2)14-23(20-12-13-28(25,26)16-20)22(24)15-27-21-10-8-19(9-11-21)18-6-4-3-5-7-18/h3-11,17,20H,12-16H2,1-2H3/t20-/m1/s1. The fourth-order valence-electron chi connectivity index (χ4n) is 3.47. The lowest BCUT2D eigenvalue weighted by Crippen LogP contribution is -2.45. The van der Waals surface area contributed by atoms with Gasteiger partial charge in [-0.05, 0) is 35.6 Å². The third-order valence-corrected chi connectivity index (χ3v) is 6.61. The smallest absolute Gasteiger partial charge is 0.260 e. The molecule has 3 rings (SSSR count). The molecule has 0 aromatic heterocycles. The Balaban J connectivity index is 1.62. The molecule has 6 heteroatoms. The first-order valence-corrected chi connectivity index (χ1v) is 11.4. The fourth-order valence-corrected chi connectivity index (χ4v) is 5.20. The largest absolute Gasteiger partial charge is 0.484 e. The van der Waals surface area contributed by atoms with E-state index in [1.54, 1.807) is 4.90 Å². The summed E-state index contributed by atoms with van der Waals surface area (Å²) in [6, 6.07) is 17.4. The first-order chi connectivity index (χ1) is 13.3. The van der Waals surface area contributed by atoms with E-state index in [2.05, 4.69) is 0 Å². The lowest BCUT2D eigenvalue weighted by atomic mass is 10.1. The highest BCUT2D eigenvalue weighted by Crippen LogP contribution is 2.23. The van der Waals surface area contributed by atoms with E-state index in [1.807, 2.05) is 68.4 Å². The van der Waals surface area contributed by atoms with Gasteiger partial charge in [0.25, 0.3) is 5.91 Å². The van der Waals surface area contributed by atoms with E-state index in [-0.39, 0.29) is 36.0 Å². The van der Waals surface area contributed by atoms with Crippen molar-refractivity contribution in [3.05, 3.63) is 54.6 Å². The third kappa shape index (κ3) is 5.35. The molecule has 0 radical (unpaired) electrons. The lowest BCUT2D eigenvalue weighted by Gasteiger charge is -2.29. The van der Waals surface area contributed by atoms with E-state index in [0.29, 0.717) is 18.7 Å². The van der Waals surface area contributed by atoms with Crippen molar-refractivity contribution in [1.82, 2.24) is 4.90 Å². The monoisotopic (exact) mass is 401 g/mol. The van der Waals surface area contributed by atoms with Crippen LogP contribution in [0, 0.1) is 5.92 Å². The number of carbonyl (C=O) groups is 1. The molecule has 1 saturated heterocycles. The normalized spacial score (nSPS) is 18.2. The maximum absolute atomic E-state index is 12.7. The van der Waals surface area contributed by atoms with E-state index in [1.165, 1.54) is 0 Å². The van der Waals surface area contributed by atoms with Crippen LogP contribution in [-0.4, -0.2) is 49.9 Å². The van der Waals surface area contributed by atoms with Gasteiger partial charge in [0.15, 0.2) is 16.4 Å². The molecule has 0 spiro atoms. The topological polar surface area (TPSA) is 63.7 Å². The van der Waals surface area contributed by atoms with Crippen LogP contribution in [0.1, 0.15) is 20.3 Å². The minimum Gasteiger partial charge on any atom is -0.484 e. The van der Waals surface area contributed by atoms with Crippen molar-refractivity contribution in [1.29, 1.82) is 0 Å². The number of carbonyl (C=O) groups excluding carboxylic acids is 1. The number of hydrogen-bond acceptors (Lipinski definition) is 4. The van der Waals surface area contributed by atoms with E-state index in [9.17, 15) is 13.2 Å². The molecule has 0 N–H and O–H groups in total. The molecule has 2 aromatic carbocycles. The van der Waals surface area contributed by atoms with Gasteiger partial charge in [-0.25, -0.2) is 8.42 Å². The molecular formula is C22H27NO4S. The van der Waals surface area contributed by atoms with E-state index < -0.39 is 9.84 Å². The van der Waals surface area contributed by atoms with Crippen LogP contribution in [0.3, 0.4) is 0 Å². The Morgan fingerprint density at radius 1 is 1.07 bits per heavy atom. The first kappa shape index (κ1) is 20.4. The van der Waals surface area contributed by atoms with Crippen LogP contribution in [0.15, 0.2) is 54.6 Å². The van der Waals surface area contributed by atoms with Gasteiger partial charge in [-0.2, -0.15) is 0 Å². The highest BCUT2D eigenvalue weighted by Gasteiger charge is 2.34. The molecule has 1 aliphatic rings. The molecule has 1 amide bonds. The Labute approximate surface area is 167 Å². The van der Waals surface area contributed by atoms with Gasteiger partial charge < -0.3 is 9.64 Å². The van der Waals surface area contributed by atoms with Crippen LogP contribution in [-0.2, 0) is 14.6 Å². The summed E-state index contributed by atoms with van der Waals surface area (Å²) >= 11 is 0. The van der Waals surface area contributed by atoms with E-state index in [0.717, 1.165) is 11.1 Å². The molecule has 0 bridgehead atoms. The second kappa shape index (κ2) is 8.78. The zero-order valence-corrected chi connectivity index (χ0v) is 17.2. The van der Waals surface area contributed by atoms with Gasteiger partial charge in [-0.1, -0.05) is 56.3 Å². The molecule has 1 atom stereocenters. The third-order valence-electron chi connectivity index (χ3n) is 4.86. The molecule has 150 valence electrons. The lowest BCUT2D eigenvalue weighted by molar-refractivity contribution is -0.135. The van der Waals surface area contributed by atoms with Crippen molar-refractivity contribution in [3.8, 4) is 16.9 Å². The van der Waals surface area contributed by atoms with Crippen molar-refractivity contribution in [3.63, 3.8) is 0 Å². The number of amides is 1. The average Bonchev–Trinajstić information content (AvgIpc) is 3.04. The van der Waals surface area contributed by atoms with E-state index in [4.69, 9.17) is 4.74 Å². The van der Waals surface area contributed by atoms with Crippen molar-refractivity contribution < 1.29 is 17.9 Å². The maximum atomic E-state index is 12.7. The van der Waals surface area contributed by atoms with Crippen LogP contribution in [0.25, 0.3) is 11.1 Å². The second-order valence-corrected chi connectivity index (χ2v) is 9.90. The minimum absolute atomic E-state index is 0.0528. The van der Waals surface area contributed by atoms with Crippen LogP contribution in [0.2, 0.25) is 0 Å². The van der Waals surface area contributed by atoms with Crippen LogP contribution < -0.4 is 4.74 Å². The maximum Gasteiger partial charge on any atom is 0.260 e. The molecule has 0 saturated carbocycles. The Hall–Kier alpha value is -2.34. The first-order valence-electron chi connectivity index (χ1n) is 9.62. The van der Waals surface area contributed by atoms with Crippen LogP contribution in [0.4, 0.5) is 0 Å². The summed E-state index contributed by atoms with van der Waals surface area (Å²) < 4.78 is 29.3. The van der Waals surface area contributed by atoms with Crippen molar-refractivity contribution in [2.75, 3.05) is 24.7 Å². The van der Waals surface area contributed by atoms with E-state index >= 15 is 0 Å². The predicted octanol–water partition coefficient (Wildman–Crippen LogP) is 3.40. The van der Waals surface area contributed by atoms with Crippen LogP contribution >= 0.6 is 0 Å². The number of benzene rings is 2. The van der Waals surface area contributed by atoms with Gasteiger partial charge >= 0.3 is 0 Å². The highest BCUT2D eigenvalue weighted by molar-refractivity contribution is 7.91. The molecule has 1 aliphatic heterocycles. The summed E-state index contributed by atoms with van der Waals surface area (Å²) in [6.07, 6.45) is 0.507. The van der Waals surface area contributed by atoms with Crippen molar-refractivity contribution >= 4 is 15.7 Å². The molecule has 2 aromatic rings. The Morgan fingerprint density at radius 2 is 1.71 bits per heavy atom. The molecule has 5 nitrogen and oxygen atoms in total. The molecule has 0 aliphatic carbocycles. The predicted molar refractivity (Wildman–Crippen MR) is 111 cm³/mol. The van der Waals surface area contributed by atoms with Gasteiger partial charge in [0.1, 0.15) is 5.75 Å². The van der Waals surface area contributed by atoms with Gasteiger partial charge in [-0.3, -0.25) is 4.79 Å². The summed E-state index contributed by atoms with van der Waals surface area (Å²) in [5.41, 5.74) is 2.20. The summed E-state index contributed by atoms with van der Waals surface area (Å²) in [7, 11) is -3.04. The van der Waals surface area contributed by atoms with Gasteiger partial charge in [0.05, 0.1) is 11.5 Å². The zero-order valence-electron chi connectivity index (χ0n) is 16.4. The fraction of sp³-hybridized carbons (Fsp3) is 0.409. The van der Waals surface area contributed by atoms with Gasteiger partial charge in [0.2, 0.25) is 0 Å². The van der Waals surface area contributed by atoms with Crippen molar-refractivity contribution in [2.24, 2.45) is 5.92 Å². The van der Waals surface area contributed by atoms with Gasteiger partial charge in [-0.15, -0.1) is 0 Å². The van der Waals surface area contributed by atoms with Crippen molar-refractivity contribution in [2.45, 2.75) is 26.3 Å². The summed E-state index contributed by atoms with van der Waals surface area (Å²) in [5.74, 6) is 0.926. The highest BCUT2D eigenvalue weighted by atomic mass is 32.2. The quantitative estimate of drug-likeness (QED) is 0.713. The zero-order chi connectivity index (χ0) is 20.1.